The van der Waals surface area contributed by atoms with Gasteiger partial charge in [0.2, 0.25) is 0 Å². The third-order valence-electron chi connectivity index (χ3n) is 10.7. The summed E-state index contributed by atoms with van der Waals surface area (Å²) in [6, 6.07) is 28.3. The van der Waals surface area contributed by atoms with Crippen molar-refractivity contribution in [2.45, 2.75) is 129 Å². The molecule has 0 atom stereocenters. The van der Waals surface area contributed by atoms with Gasteiger partial charge >= 0.3 is 0 Å². The fraction of sp³-hybridized carbons (Fsp3) is 0.435. The van der Waals surface area contributed by atoms with Gasteiger partial charge in [-0.2, -0.15) is 0 Å². The van der Waals surface area contributed by atoms with Crippen LogP contribution < -0.4 is 0 Å². The number of fused-ring (bicyclic) bond motifs is 8. The highest BCUT2D eigenvalue weighted by molar-refractivity contribution is 7.26. The van der Waals surface area contributed by atoms with E-state index in [-0.39, 0.29) is 0 Å². The number of rotatable bonds is 18. The topological polar surface area (TPSA) is 13.1 Å². The zero-order valence-corrected chi connectivity index (χ0v) is 30.3. The normalized spacial score (nSPS) is 12.2. The van der Waals surface area contributed by atoms with Gasteiger partial charge in [-0.1, -0.05) is 140 Å². The number of unbranched alkanes of at least 4 members (excludes halogenated alkanes) is 14. The van der Waals surface area contributed by atoms with Crippen molar-refractivity contribution in [3.05, 3.63) is 83.9 Å². The molecule has 0 aliphatic carbocycles. The number of hydrogen-bond acceptors (Lipinski definition) is 2. The molecule has 1 nitrogen and oxygen atoms in total. The van der Waals surface area contributed by atoms with Crippen molar-refractivity contribution in [2.75, 3.05) is 0 Å². The summed E-state index contributed by atoms with van der Waals surface area (Å²) in [5, 5.41) is 10.4. The minimum absolute atomic E-state index is 0.992. The number of thiophene rings is 1. The second kappa shape index (κ2) is 15.9. The summed E-state index contributed by atoms with van der Waals surface area (Å²) in [7, 11) is 0. The lowest BCUT2D eigenvalue weighted by Gasteiger charge is -2.05. The molecule has 0 N–H and O–H groups in total. The van der Waals surface area contributed by atoms with E-state index in [1.807, 2.05) is 11.3 Å². The summed E-state index contributed by atoms with van der Waals surface area (Å²) >= 11 is 1.92. The molecule has 250 valence electrons. The van der Waals surface area contributed by atoms with Crippen LogP contribution in [0.4, 0.5) is 0 Å². The highest BCUT2D eigenvalue weighted by Crippen LogP contribution is 2.42. The van der Waals surface area contributed by atoms with Gasteiger partial charge in [-0.25, -0.2) is 0 Å². The first-order valence-corrected chi connectivity index (χ1v) is 20.2. The fourth-order valence-corrected chi connectivity index (χ4v) is 9.02. The molecule has 0 bridgehead atoms. The number of benzene rings is 5. The molecule has 0 aliphatic rings. The zero-order valence-electron chi connectivity index (χ0n) is 29.5. The van der Waals surface area contributed by atoms with Crippen LogP contribution in [-0.4, -0.2) is 0 Å². The molecule has 0 fully saturated rings. The van der Waals surface area contributed by atoms with Crippen LogP contribution in [0.2, 0.25) is 0 Å². The first-order valence-electron chi connectivity index (χ1n) is 19.4. The Morgan fingerprint density at radius 1 is 0.396 bits per heavy atom. The SMILES string of the molecule is CCCCCCCCCCc1ccc2cc3oc4cc5c(cc4c3cc2c1)sc1cc2ccc(CCCCCCCCCC)cc2cc15. The molecule has 2 heteroatoms. The smallest absolute Gasteiger partial charge is 0.136 e. The van der Waals surface area contributed by atoms with Crippen LogP contribution in [0, 0.1) is 0 Å². The summed E-state index contributed by atoms with van der Waals surface area (Å²) in [5.41, 5.74) is 4.92. The summed E-state index contributed by atoms with van der Waals surface area (Å²) < 4.78 is 9.25. The van der Waals surface area contributed by atoms with Gasteiger partial charge in [0.05, 0.1) is 0 Å². The van der Waals surface area contributed by atoms with Crippen molar-refractivity contribution in [3.63, 3.8) is 0 Å². The van der Waals surface area contributed by atoms with Gasteiger partial charge in [0, 0.05) is 30.9 Å². The van der Waals surface area contributed by atoms with Gasteiger partial charge in [-0.15, -0.1) is 11.3 Å². The maximum atomic E-state index is 6.55. The number of aryl methyl sites for hydroxylation is 2. The van der Waals surface area contributed by atoms with Crippen LogP contribution in [-0.2, 0) is 12.8 Å². The van der Waals surface area contributed by atoms with E-state index in [2.05, 4.69) is 86.6 Å². The molecule has 2 aromatic heterocycles. The zero-order chi connectivity index (χ0) is 32.7. The van der Waals surface area contributed by atoms with E-state index in [1.165, 1.54) is 179 Å². The van der Waals surface area contributed by atoms with Crippen molar-refractivity contribution in [3.8, 4) is 0 Å². The molecule has 5 aromatic carbocycles. The number of furan rings is 1. The van der Waals surface area contributed by atoms with Crippen molar-refractivity contribution in [1.82, 2.24) is 0 Å². The van der Waals surface area contributed by atoms with E-state index in [1.54, 1.807) is 0 Å². The van der Waals surface area contributed by atoms with Crippen LogP contribution in [0.25, 0.3) is 63.7 Å². The third-order valence-corrected chi connectivity index (χ3v) is 11.9. The Kier molecular flexibility index (Phi) is 11.0. The summed E-state index contributed by atoms with van der Waals surface area (Å²) in [5.74, 6) is 0. The van der Waals surface area contributed by atoms with Crippen molar-refractivity contribution < 1.29 is 4.42 Å². The van der Waals surface area contributed by atoms with Crippen molar-refractivity contribution in [1.29, 1.82) is 0 Å². The maximum absolute atomic E-state index is 6.55. The van der Waals surface area contributed by atoms with E-state index in [0.29, 0.717) is 0 Å². The average Bonchev–Trinajstić information content (AvgIpc) is 3.63. The molecule has 0 amide bonds. The summed E-state index contributed by atoms with van der Waals surface area (Å²) in [6.45, 7) is 4.59. The summed E-state index contributed by atoms with van der Waals surface area (Å²) in [6.07, 6.45) is 24.3. The highest BCUT2D eigenvalue weighted by atomic mass is 32.1. The Bertz CT molecular complexity index is 1970. The van der Waals surface area contributed by atoms with E-state index < -0.39 is 0 Å². The molecule has 7 aromatic rings. The lowest BCUT2D eigenvalue weighted by Crippen LogP contribution is -1.87. The summed E-state index contributed by atoms with van der Waals surface area (Å²) in [4.78, 5) is 0. The second-order valence-electron chi connectivity index (χ2n) is 14.6. The minimum atomic E-state index is 0.992. The molecular formula is C46H54OS. The molecule has 0 aliphatic heterocycles. The molecule has 0 saturated carbocycles. The largest absolute Gasteiger partial charge is 0.456 e. The molecule has 7 rings (SSSR count). The second-order valence-corrected chi connectivity index (χ2v) is 15.6. The minimum Gasteiger partial charge on any atom is -0.456 e. The van der Waals surface area contributed by atoms with Crippen LogP contribution in [0.5, 0.6) is 0 Å². The Morgan fingerprint density at radius 2 is 0.854 bits per heavy atom. The Balaban J connectivity index is 1.08. The predicted molar refractivity (Wildman–Crippen MR) is 214 cm³/mol. The third kappa shape index (κ3) is 7.60. The van der Waals surface area contributed by atoms with Crippen LogP contribution in [0.1, 0.15) is 128 Å². The molecular weight excluding hydrogens is 601 g/mol. The van der Waals surface area contributed by atoms with Gasteiger partial charge in [-0.05, 0) is 94.8 Å². The van der Waals surface area contributed by atoms with Gasteiger partial charge in [0.1, 0.15) is 11.2 Å². The standard InChI is InChI=1S/C46H54OS/c1-3-5-7-9-11-13-15-17-19-33-21-23-35-29-43-39(27-37(35)25-33)40-32-46-42(31-44(40)47-43)41-28-38-26-34(22-24-36(38)30-45(41)48-46)20-18-16-14-12-10-8-6-4-2/h21-32H,3-20H2,1-2H3. The van der Waals surface area contributed by atoms with E-state index in [4.69, 9.17) is 4.42 Å². The molecule has 2 heterocycles. The van der Waals surface area contributed by atoms with E-state index >= 15 is 0 Å². The van der Waals surface area contributed by atoms with Crippen LogP contribution >= 0.6 is 11.3 Å². The Hall–Kier alpha value is -3.36. The van der Waals surface area contributed by atoms with Gasteiger partial charge < -0.3 is 4.42 Å². The Labute approximate surface area is 291 Å². The highest BCUT2D eigenvalue weighted by Gasteiger charge is 2.14. The van der Waals surface area contributed by atoms with Gasteiger partial charge in [0.15, 0.2) is 0 Å². The molecule has 48 heavy (non-hydrogen) atoms. The quantitative estimate of drug-likeness (QED) is 0.0839. The molecule has 0 radical (unpaired) electrons. The van der Waals surface area contributed by atoms with E-state index in [0.717, 1.165) is 11.2 Å². The Morgan fingerprint density at radius 3 is 1.46 bits per heavy atom. The fourth-order valence-electron chi connectivity index (χ4n) is 7.87. The maximum Gasteiger partial charge on any atom is 0.136 e. The molecule has 0 spiro atoms. The lowest BCUT2D eigenvalue weighted by molar-refractivity contribution is 0.575. The van der Waals surface area contributed by atoms with Gasteiger partial charge in [0.25, 0.3) is 0 Å². The average molecular weight is 655 g/mol. The van der Waals surface area contributed by atoms with Gasteiger partial charge in [-0.3, -0.25) is 0 Å². The lowest BCUT2D eigenvalue weighted by atomic mass is 9.99. The molecule has 0 unspecified atom stereocenters. The van der Waals surface area contributed by atoms with Crippen molar-refractivity contribution in [2.24, 2.45) is 0 Å². The monoisotopic (exact) mass is 654 g/mol. The molecule has 0 saturated heterocycles. The number of hydrogen-bond donors (Lipinski definition) is 0. The predicted octanol–water partition coefficient (Wildman–Crippen LogP) is 15.6. The van der Waals surface area contributed by atoms with E-state index in [9.17, 15) is 0 Å². The van der Waals surface area contributed by atoms with Crippen LogP contribution in [0.15, 0.2) is 77.2 Å². The van der Waals surface area contributed by atoms with Crippen LogP contribution in [0.3, 0.4) is 0 Å². The first-order chi connectivity index (χ1) is 23.7. The first kappa shape index (κ1) is 33.2. The van der Waals surface area contributed by atoms with Crippen molar-refractivity contribution >= 4 is 75.0 Å².